The van der Waals surface area contributed by atoms with Crippen molar-refractivity contribution in [3.63, 3.8) is 0 Å². The lowest BCUT2D eigenvalue weighted by molar-refractivity contribution is -0.136. The third kappa shape index (κ3) is 6.11. The lowest BCUT2D eigenvalue weighted by atomic mass is 9.88. The minimum Gasteiger partial charge on any atom is -0.375 e. The number of methoxy groups -OCH3 is 1. The minimum absolute atomic E-state index is 0.0240. The molecule has 3 rings (SSSR count). The molecule has 29 heavy (non-hydrogen) atoms. The van der Waals surface area contributed by atoms with Crippen LogP contribution in [0.4, 0.5) is 4.39 Å². The Bertz CT molecular complexity index is 781. The van der Waals surface area contributed by atoms with Gasteiger partial charge in [-0.15, -0.1) is 11.3 Å². The third-order valence-electron chi connectivity index (χ3n) is 5.41. The monoisotopic (exact) mass is 418 g/mol. The van der Waals surface area contributed by atoms with Crippen molar-refractivity contribution in [2.24, 2.45) is 11.8 Å². The molecule has 0 bridgehead atoms. The van der Waals surface area contributed by atoms with Crippen LogP contribution in [0, 0.1) is 17.7 Å². The average molecular weight is 419 g/mol. The van der Waals surface area contributed by atoms with E-state index >= 15 is 0 Å². The highest BCUT2D eigenvalue weighted by Crippen LogP contribution is 2.35. The normalized spacial score (nSPS) is 19.8. The van der Waals surface area contributed by atoms with E-state index in [0.717, 1.165) is 25.2 Å². The molecule has 1 amide bonds. The molecular formula is C23H31FN2O2S. The Hall–Kier alpha value is -1.76. The molecule has 158 valence electrons. The molecule has 0 N–H and O–H groups in total. The van der Waals surface area contributed by atoms with E-state index in [0.29, 0.717) is 19.0 Å². The average Bonchev–Trinajstić information content (AvgIpc) is 3.31. The Balaban J connectivity index is 1.79. The number of likely N-dealkylation sites (tertiary alicyclic amines) is 1. The number of hydrogen-bond acceptors (Lipinski definition) is 4. The zero-order valence-corrected chi connectivity index (χ0v) is 18.3. The molecule has 1 aromatic heterocycles. The van der Waals surface area contributed by atoms with Gasteiger partial charge in [-0.25, -0.2) is 4.39 Å². The largest absolute Gasteiger partial charge is 0.375 e. The molecule has 1 aromatic carbocycles. The maximum atomic E-state index is 13.9. The van der Waals surface area contributed by atoms with Crippen LogP contribution in [0.1, 0.15) is 30.2 Å². The van der Waals surface area contributed by atoms with Gasteiger partial charge in [0, 0.05) is 50.6 Å². The summed E-state index contributed by atoms with van der Waals surface area (Å²) < 4.78 is 19.0. The van der Waals surface area contributed by atoms with Gasteiger partial charge in [0.1, 0.15) is 12.4 Å². The number of amides is 1. The quantitative estimate of drug-likeness (QED) is 0.611. The number of benzene rings is 1. The van der Waals surface area contributed by atoms with Crippen LogP contribution in [-0.2, 0) is 16.1 Å². The number of carbonyl (C=O) groups is 1. The molecule has 0 saturated carbocycles. The lowest BCUT2D eigenvalue weighted by Gasteiger charge is -2.29. The van der Waals surface area contributed by atoms with Crippen molar-refractivity contribution in [3.05, 3.63) is 58.0 Å². The number of halogens is 1. The van der Waals surface area contributed by atoms with Crippen LogP contribution < -0.4 is 0 Å². The maximum Gasteiger partial charge on any atom is 0.248 e. The minimum atomic E-state index is -0.201. The molecule has 0 spiro atoms. The van der Waals surface area contributed by atoms with Crippen LogP contribution in [0.2, 0.25) is 0 Å². The molecule has 0 aliphatic carbocycles. The number of nitrogens with zero attached hydrogens (tertiary/aromatic N) is 2. The summed E-state index contributed by atoms with van der Waals surface area (Å²) in [5, 5.41) is 2.10. The molecular weight excluding hydrogens is 387 g/mol. The SMILES string of the molecule is COCC(=O)N(CC(C)C)CC1CN(Cc2cccs2)CC1c1cccc(F)c1. The van der Waals surface area contributed by atoms with E-state index in [1.165, 1.54) is 10.9 Å². The summed E-state index contributed by atoms with van der Waals surface area (Å²) in [7, 11) is 1.55. The fourth-order valence-electron chi connectivity index (χ4n) is 4.23. The van der Waals surface area contributed by atoms with E-state index in [9.17, 15) is 9.18 Å². The van der Waals surface area contributed by atoms with Crippen molar-refractivity contribution in [1.29, 1.82) is 0 Å². The van der Waals surface area contributed by atoms with Gasteiger partial charge in [-0.1, -0.05) is 32.0 Å². The van der Waals surface area contributed by atoms with Crippen LogP contribution in [0.25, 0.3) is 0 Å². The molecule has 2 heterocycles. The molecule has 6 heteroatoms. The van der Waals surface area contributed by atoms with E-state index in [1.54, 1.807) is 30.6 Å². The van der Waals surface area contributed by atoms with Crippen molar-refractivity contribution in [3.8, 4) is 0 Å². The van der Waals surface area contributed by atoms with Crippen LogP contribution >= 0.6 is 11.3 Å². The molecule has 1 aliphatic rings. The van der Waals surface area contributed by atoms with Gasteiger partial charge in [-0.2, -0.15) is 0 Å². The standard InChI is InChI=1S/C23H31FN2O2S/c1-17(2)11-26(23(27)16-28-3)13-19-12-25(14-21-8-5-9-29-21)15-22(19)18-6-4-7-20(24)10-18/h4-10,17,19,22H,11-16H2,1-3H3. The van der Waals surface area contributed by atoms with Crippen molar-refractivity contribution < 1.29 is 13.9 Å². The Kier molecular flexibility index (Phi) is 7.81. The van der Waals surface area contributed by atoms with Crippen LogP contribution in [-0.4, -0.2) is 55.6 Å². The van der Waals surface area contributed by atoms with E-state index in [2.05, 4.69) is 36.3 Å². The summed E-state index contributed by atoms with van der Waals surface area (Å²) in [6.07, 6.45) is 0. The van der Waals surface area contributed by atoms with Gasteiger partial charge in [0.05, 0.1) is 0 Å². The first-order valence-electron chi connectivity index (χ1n) is 10.2. The van der Waals surface area contributed by atoms with Gasteiger partial charge >= 0.3 is 0 Å². The molecule has 2 atom stereocenters. The summed E-state index contributed by atoms with van der Waals surface area (Å²) in [6, 6.07) is 11.2. The lowest BCUT2D eigenvalue weighted by Crippen LogP contribution is -2.41. The second-order valence-corrected chi connectivity index (χ2v) is 9.35. The summed E-state index contributed by atoms with van der Waals surface area (Å²) in [5.41, 5.74) is 1.02. The highest BCUT2D eigenvalue weighted by Gasteiger charge is 2.36. The van der Waals surface area contributed by atoms with E-state index < -0.39 is 0 Å². The highest BCUT2D eigenvalue weighted by atomic mass is 32.1. The number of hydrogen-bond donors (Lipinski definition) is 0. The van der Waals surface area contributed by atoms with E-state index in [1.807, 2.05) is 11.0 Å². The Labute approximate surface area is 177 Å². The second kappa shape index (κ2) is 10.3. The van der Waals surface area contributed by atoms with Crippen LogP contribution in [0.15, 0.2) is 41.8 Å². The fraction of sp³-hybridized carbons (Fsp3) is 0.522. The summed E-state index contributed by atoms with van der Waals surface area (Å²) in [6.45, 7) is 8.39. The highest BCUT2D eigenvalue weighted by molar-refractivity contribution is 7.09. The molecule has 1 aliphatic heterocycles. The first kappa shape index (κ1) is 21.9. The molecule has 2 unspecified atom stereocenters. The van der Waals surface area contributed by atoms with Gasteiger partial charge in [-0.05, 0) is 41.0 Å². The van der Waals surface area contributed by atoms with Gasteiger partial charge in [-0.3, -0.25) is 9.69 Å². The number of rotatable bonds is 9. The summed E-state index contributed by atoms with van der Waals surface area (Å²) >= 11 is 1.76. The first-order chi connectivity index (χ1) is 14.0. The van der Waals surface area contributed by atoms with Crippen molar-refractivity contribution >= 4 is 17.2 Å². The van der Waals surface area contributed by atoms with Crippen LogP contribution in [0.3, 0.4) is 0 Å². The zero-order valence-electron chi connectivity index (χ0n) is 17.5. The maximum absolute atomic E-state index is 13.9. The fourth-order valence-corrected chi connectivity index (χ4v) is 4.98. The van der Waals surface area contributed by atoms with Gasteiger partial charge < -0.3 is 9.64 Å². The third-order valence-corrected chi connectivity index (χ3v) is 6.28. The van der Waals surface area contributed by atoms with Crippen molar-refractivity contribution in [2.75, 3.05) is 39.9 Å². The molecule has 1 saturated heterocycles. The predicted molar refractivity (Wildman–Crippen MR) is 116 cm³/mol. The predicted octanol–water partition coefficient (Wildman–Crippen LogP) is 4.23. The Morgan fingerprint density at radius 2 is 2.14 bits per heavy atom. The first-order valence-corrected chi connectivity index (χ1v) is 11.1. The number of carbonyl (C=O) groups excluding carboxylic acids is 1. The molecule has 0 radical (unpaired) electrons. The zero-order chi connectivity index (χ0) is 20.8. The molecule has 2 aromatic rings. The smallest absolute Gasteiger partial charge is 0.248 e. The Morgan fingerprint density at radius 1 is 1.31 bits per heavy atom. The van der Waals surface area contributed by atoms with Gasteiger partial charge in [0.25, 0.3) is 0 Å². The topological polar surface area (TPSA) is 32.8 Å². The Morgan fingerprint density at radius 3 is 2.79 bits per heavy atom. The van der Waals surface area contributed by atoms with Crippen LogP contribution in [0.5, 0.6) is 0 Å². The van der Waals surface area contributed by atoms with Gasteiger partial charge in [0.2, 0.25) is 5.91 Å². The summed E-state index contributed by atoms with van der Waals surface area (Å²) in [5.74, 6) is 0.669. The van der Waals surface area contributed by atoms with Gasteiger partial charge in [0.15, 0.2) is 0 Å². The number of ether oxygens (including phenoxy) is 1. The number of thiophene rings is 1. The van der Waals surface area contributed by atoms with E-state index in [-0.39, 0.29) is 30.2 Å². The summed E-state index contributed by atoms with van der Waals surface area (Å²) in [4.78, 5) is 18.3. The molecule has 4 nitrogen and oxygen atoms in total. The molecule has 1 fully saturated rings. The van der Waals surface area contributed by atoms with E-state index in [4.69, 9.17) is 4.74 Å². The van der Waals surface area contributed by atoms with Crippen molar-refractivity contribution in [2.45, 2.75) is 26.3 Å². The van der Waals surface area contributed by atoms with Crippen molar-refractivity contribution in [1.82, 2.24) is 9.80 Å². The second-order valence-electron chi connectivity index (χ2n) is 8.32.